The van der Waals surface area contributed by atoms with Crippen molar-refractivity contribution in [2.45, 2.75) is 38.9 Å². The molecule has 202 valence electrons. The van der Waals surface area contributed by atoms with Crippen molar-refractivity contribution in [3.8, 4) is 11.5 Å². The van der Waals surface area contributed by atoms with Gasteiger partial charge in [0, 0.05) is 79.4 Å². The number of ether oxygens (including phenoxy) is 2. The van der Waals surface area contributed by atoms with Gasteiger partial charge in [-0.2, -0.15) is 0 Å². The molecular formula is C31H36N6O2. The largest absolute Gasteiger partial charge is 0.497 e. The molecule has 0 atom stereocenters. The van der Waals surface area contributed by atoms with E-state index in [1.807, 2.05) is 30.6 Å². The zero-order chi connectivity index (χ0) is 26.5. The Bertz CT molecular complexity index is 1490. The van der Waals surface area contributed by atoms with Crippen LogP contribution in [-0.4, -0.2) is 53.3 Å². The van der Waals surface area contributed by atoms with Crippen molar-refractivity contribution in [1.82, 2.24) is 19.4 Å². The summed E-state index contributed by atoms with van der Waals surface area (Å²) in [5.41, 5.74) is 3.22. The van der Waals surface area contributed by atoms with E-state index >= 15 is 0 Å². The molecular weight excluding hydrogens is 488 g/mol. The number of benzene rings is 2. The molecule has 4 aliphatic rings. The lowest BCUT2D eigenvalue weighted by Crippen LogP contribution is -2.68. The molecule has 3 aliphatic carbocycles. The summed E-state index contributed by atoms with van der Waals surface area (Å²) in [5, 5.41) is 9.65. The first-order chi connectivity index (χ1) is 19.1. The molecule has 1 aliphatic heterocycles. The maximum Gasteiger partial charge on any atom is 0.134 e. The Morgan fingerprint density at radius 2 is 1.79 bits per heavy atom. The predicted octanol–water partition coefficient (Wildman–Crippen LogP) is 5.16. The average molecular weight is 525 g/mol. The predicted molar refractivity (Wildman–Crippen MR) is 153 cm³/mol. The van der Waals surface area contributed by atoms with Crippen LogP contribution in [0.25, 0.3) is 10.8 Å². The van der Waals surface area contributed by atoms with Gasteiger partial charge in [-0.1, -0.05) is 12.1 Å². The minimum Gasteiger partial charge on any atom is -0.497 e. The number of anilines is 2. The number of nitrogens with one attached hydrogen (secondary N) is 2. The van der Waals surface area contributed by atoms with Gasteiger partial charge in [-0.3, -0.25) is 4.90 Å². The summed E-state index contributed by atoms with van der Waals surface area (Å²) in [6.45, 7) is 6.06. The highest BCUT2D eigenvalue weighted by Crippen LogP contribution is 2.73. The Labute approximate surface area is 229 Å². The second-order valence-corrected chi connectivity index (χ2v) is 11.7. The van der Waals surface area contributed by atoms with E-state index in [0.717, 1.165) is 54.4 Å². The maximum absolute atomic E-state index is 5.57. The number of aromatic nitrogens is 3. The number of pyridine rings is 1. The van der Waals surface area contributed by atoms with Crippen molar-refractivity contribution >= 4 is 22.3 Å². The lowest BCUT2D eigenvalue weighted by molar-refractivity contribution is -0.205. The molecule has 4 aromatic rings. The fourth-order valence-corrected chi connectivity index (χ4v) is 7.38. The smallest absolute Gasteiger partial charge is 0.134 e. The Morgan fingerprint density at radius 3 is 2.64 bits per heavy atom. The summed E-state index contributed by atoms with van der Waals surface area (Å²) < 4.78 is 13.2. The van der Waals surface area contributed by atoms with Crippen molar-refractivity contribution in [3.05, 3.63) is 72.4 Å². The van der Waals surface area contributed by atoms with Crippen LogP contribution in [0.4, 0.5) is 11.5 Å². The quantitative estimate of drug-likeness (QED) is 0.297. The molecule has 8 rings (SSSR count). The lowest BCUT2D eigenvalue weighted by atomic mass is 9.35. The number of hydrogen-bond donors (Lipinski definition) is 2. The number of fused-ring (bicyclic) bond motifs is 2. The number of rotatable bonds is 10. The van der Waals surface area contributed by atoms with Crippen LogP contribution in [0.1, 0.15) is 30.7 Å². The van der Waals surface area contributed by atoms with E-state index in [2.05, 4.69) is 60.5 Å². The third-order valence-electron chi connectivity index (χ3n) is 9.03. The van der Waals surface area contributed by atoms with E-state index in [4.69, 9.17) is 9.47 Å². The van der Waals surface area contributed by atoms with Gasteiger partial charge in [-0.15, -0.1) is 0 Å². The topological polar surface area (TPSA) is 76.5 Å². The van der Waals surface area contributed by atoms with E-state index in [-0.39, 0.29) is 0 Å². The van der Waals surface area contributed by atoms with E-state index < -0.39 is 0 Å². The highest BCUT2D eigenvalue weighted by Gasteiger charge is 2.67. The Hall–Kier alpha value is -3.78. The second-order valence-electron chi connectivity index (χ2n) is 11.7. The van der Waals surface area contributed by atoms with Gasteiger partial charge in [0.1, 0.15) is 23.1 Å². The Morgan fingerprint density at radius 1 is 0.897 bits per heavy atom. The molecule has 2 aromatic carbocycles. The highest BCUT2D eigenvalue weighted by atomic mass is 16.5. The summed E-state index contributed by atoms with van der Waals surface area (Å²) in [7, 11) is 3.35. The molecule has 39 heavy (non-hydrogen) atoms. The highest BCUT2D eigenvalue weighted by molar-refractivity contribution is 5.99. The lowest BCUT2D eigenvalue weighted by Gasteiger charge is -2.72. The van der Waals surface area contributed by atoms with Gasteiger partial charge in [-0.05, 0) is 54.4 Å². The van der Waals surface area contributed by atoms with Gasteiger partial charge in [0.05, 0.1) is 20.8 Å². The molecule has 2 N–H and O–H groups in total. The summed E-state index contributed by atoms with van der Waals surface area (Å²) >= 11 is 0. The Kier molecular flexibility index (Phi) is 5.88. The summed E-state index contributed by atoms with van der Waals surface area (Å²) in [5.74, 6) is 3.67. The second kappa shape index (κ2) is 9.45. The number of hydrogen-bond acceptors (Lipinski definition) is 7. The van der Waals surface area contributed by atoms with Crippen molar-refractivity contribution in [2.24, 2.45) is 10.8 Å². The van der Waals surface area contributed by atoms with Crippen molar-refractivity contribution in [2.75, 3.05) is 44.5 Å². The van der Waals surface area contributed by atoms with Crippen molar-refractivity contribution < 1.29 is 9.47 Å². The summed E-state index contributed by atoms with van der Waals surface area (Å²) in [4.78, 5) is 11.8. The first-order valence-corrected chi connectivity index (χ1v) is 13.9. The van der Waals surface area contributed by atoms with Crippen LogP contribution in [-0.2, 0) is 19.6 Å². The molecule has 3 heterocycles. The molecule has 3 saturated carbocycles. The molecule has 3 fully saturated rings. The first-order valence-electron chi connectivity index (χ1n) is 13.9. The fraction of sp³-hybridized carbons (Fsp3) is 0.419. The number of methoxy groups -OCH3 is 2. The van der Waals surface area contributed by atoms with Gasteiger partial charge in [0.15, 0.2) is 0 Å². The van der Waals surface area contributed by atoms with Gasteiger partial charge >= 0.3 is 0 Å². The van der Waals surface area contributed by atoms with E-state index in [0.29, 0.717) is 17.4 Å². The molecule has 0 unspecified atom stereocenters. The van der Waals surface area contributed by atoms with Crippen LogP contribution in [0.5, 0.6) is 11.5 Å². The van der Waals surface area contributed by atoms with Crippen molar-refractivity contribution in [1.29, 1.82) is 0 Å². The third kappa shape index (κ3) is 4.36. The summed E-state index contributed by atoms with van der Waals surface area (Å²) in [6, 6.07) is 14.5. The minimum atomic E-state index is 0.454. The van der Waals surface area contributed by atoms with E-state index in [9.17, 15) is 0 Å². The zero-order valence-electron chi connectivity index (χ0n) is 22.7. The van der Waals surface area contributed by atoms with Crippen LogP contribution in [0.3, 0.4) is 0 Å². The van der Waals surface area contributed by atoms with Crippen LogP contribution < -0.4 is 20.1 Å². The summed E-state index contributed by atoms with van der Waals surface area (Å²) in [6.07, 6.45) is 9.93. The van der Waals surface area contributed by atoms with Crippen molar-refractivity contribution in [3.63, 3.8) is 0 Å². The molecule has 2 bridgehead atoms. The van der Waals surface area contributed by atoms with Crippen LogP contribution in [0, 0.1) is 10.8 Å². The van der Waals surface area contributed by atoms with Crippen LogP contribution in [0.2, 0.25) is 0 Å². The standard InChI is InChI=1S/C31H36N6O2/c1-38-23-7-6-22(27(14-23)39-2)15-34-29-25-4-3-5-26(24(25)8-9-33-29)35-20-30-17-31(18-30,19-30)21-36-12-13-37-11-10-32-28(37)16-36/h3-11,14,35H,12-13,15-21H2,1-2H3,(H,33,34). The molecule has 0 radical (unpaired) electrons. The van der Waals surface area contributed by atoms with Crippen LogP contribution in [0.15, 0.2) is 61.1 Å². The Balaban J connectivity index is 0.982. The molecule has 2 aromatic heterocycles. The van der Waals surface area contributed by atoms with Gasteiger partial charge < -0.3 is 24.7 Å². The molecule has 8 nitrogen and oxygen atoms in total. The molecule has 0 saturated heterocycles. The molecule has 8 heteroatoms. The first kappa shape index (κ1) is 24.3. The minimum absolute atomic E-state index is 0.454. The molecule has 0 spiro atoms. The number of imidazole rings is 1. The van der Waals surface area contributed by atoms with Gasteiger partial charge in [0.2, 0.25) is 0 Å². The molecule has 0 amide bonds. The third-order valence-corrected chi connectivity index (χ3v) is 9.03. The number of nitrogens with zero attached hydrogens (tertiary/aromatic N) is 4. The van der Waals surface area contributed by atoms with Gasteiger partial charge in [-0.25, -0.2) is 9.97 Å². The van der Waals surface area contributed by atoms with E-state index in [1.165, 1.54) is 42.7 Å². The maximum atomic E-state index is 5.57. The monoisotopic (exact) mass is 524 g/mol. The normalized spacial score (nSPS) is 23.4. The fourth-order valence-electron chi connectivity index (χ4n) is 7.38. The van der Waals surface area contributed by atoms with Gasteiger partial charge in [0.25, 0.3) is 0 Å². The van der Waals surface area contributed by atoms with Crippen LogP contribution >= 0.6 is 0 Å². The zero-order valence-corrected chi connectivity index (χ0v) is 22.7. The van der Waals surface area contributed by atoms with E-state index in [1.54, 1.807) is 14.2 Å². The average Bonchev–Trinajstić information content (AvgIpc) is 3.40. The SMILES string of the molecule is COc1ccc(CNc2nccc3c(NCC45CC(CN6CCn7ccnc7C6)(C4)C5)cccc23)c(OC)c1.